The fourth-order valence-corrected chi connectivity index (χ4v) is 3.73. The van der Waals surface area contributed by atoms with E-state index >= 15 is 0 Å². The van der Waals surface area contributed by atoms with Gasteiger partial charge in [0, 0.05) is 63.9 Å². The summed E-state index contributed by atoms with van der Waals surface area (Å²) >= 11 is 0. The van der Waals surface area contributed by atoms with Gasteiger partial charge in [-0.05, 0) is 25.0 Å². The molecule has 1 aromatic carbocycles. The summed E-state index contributed by atoms with van der Waals surface area (Å²) < 4.78 is 16.3. The first-order valence-corrected chi connectivity index (χ1v) is 10.2. The number of ether oxygens (including phenoxy) is 3. The topological polar surface area (TPSA) is 80.3 Å². The smallest absolute Gasteiger partial charge is 0.254 e. The van der Waals surface area contributed by atoms with Crippen molar-refractivity contribution in [1.82, 2.24) is 15.1 Å². The number of carbonyl (C=O) groups is 2. The number of nitrogens with one attached hydrogen (secondary N) is 1. The van der Waals surface area contributed by atoms with Crippen LogP contribution in [0.1, 0.15) is 29.6 Å². The van der Waals surface area contributed by atoms with Crippen molar-refractivity contribution in [3.8, 4) is 11.5 Å². The fourth-order valence-electron chi connectivity index (χ4n) is 3.73. The standard InChI is InChI=1S/C21H31N3O5/c1-27-18-12-16(13-19(14-18)28-2)21(26)24(15-17-4-3-11-29-17)8-5-20(25)23-9-6-22-7-10-23/h12-14,17,22H,3-11,15H2,1-2H3. The molecular formula is C21H31N3O5. The highest BCUT2D eigenvalue weighted by Crippen LogP contribution is 2.24. The Morgan fingerprint density at radius 3 is 2.45 bits per heavy atom. The van der Waals surface area contributed by atoms with E-state index in [1.165, 1.54) is 0 Å². The summed E-state index contributed by atoms with van der Waals surface area (Å²) in [6.07, 6.45) is 2.25. The molecule has 1 aromatic rings. The minimum Gasteiger partial charge on any atom is -0.497 e. The third-order valence-corrected chi connectivity index (χ3v) is 5.40. The van der Waals surface area contributed by atoms with E-state index in [0.29, 0.717) is 49.7 Å². The second-order valence-electron chi connectivity index (χ2n) is 7.37. The van der Waals surface area contributed by atoms with Crippen LogP contribution in [0.3, 0.4) is 0 Å². The van der Waals surface area contributed by atoms with E-state index < -0.39 is 0 Å². The minimum atomic E-state index is -0.147. The number of benzene rings is 1. The average Bonchev–Trinajstić information content (AvgIpc) is 3.29. The predicted octanol–water partition coefficient (Wildman–Crippen LogP) is 1.15. The average molecular weight is 405 g/mol. The number of carbonyl (C=O) groups excluding carboxylic acids is 2. The number of hydrogen-bond donors (Lipinski definition) is 1. The fraction of sp³-hybridized carbons (Fsp3) is 0.619. The maximum atomic E-state index is 13.3. The lowest BCUT2D eigenvalue weighted by Gasteiger charge is -2.30. The summed E-state index contributed by atoms with van der Waals surface area (Å²) in [6.45, 7) is 4.62. The van der Waals surface area contributed by atoms with Gasteiger partial charge in [0.2, 0.25) is 5.91 Å². The minimum absolute atomic E-state index is 0.0146. The summed E-state index contributed by atoms with van der Waals surface area (Å²) in [4.78, 5) is 29.5. The number of rotatable bonds is 8. The van der Waals surface area contributed by atoms with Crippen LogP contribution in [0.4, 0.5) is 0 Å². The first-order chi connectivity index (χ1) is 14.1. The molecule has 2 amide bonds. The summed E-state index contributed by atoms with van der Waals surface area (Å²) in [5.74, 6) is 1.05. The molecular weight excluding hydrogens is 374 g/mol. The Hall–Kier alpha value is -2.32. The van der Waals surface area contributed by atoms with Crippen LogP contribution in [0, 0.1) is 0 Å². The quantitative estimate of drug-likeness (QED) is 0.699. The zero-order valence-corrected chi connectivity index (χ0v) is 17.3. The van der Waals surface area contributed by atoms with Gasteiger partial charge < -0.3 is 29.3 Å². The van der Waals surface area contributed by atoms with Crippen molar-refractivity contribution in [2.24, 2.45) is 0 Å². The molecule has 2 fully saturated rings. The molecule has 29 heavy (non-hydrogen) atoms. The van der Waals surface area contributed by atoms with Gasteiger partial charge in [-0.25, -0.2) is 0 Å². The maximum absolute atomic E-state index is 13.3. The normalized spacial score (nSPS) is 19.1. The molecule has 2 heterocycles. The Morgan fingerprint density at radius 2 is 1.86 bits per heavy atom. The molecule has 0 aliphatic carbocycles. The zero-order valence-electron chi connectivity index (χ0n) is 17.3. The lowest BCUT2D eigenvalue weighted by atomic mass is 10.1. The number of amides is 2. The van der Waals surface area contributed by atoms with Crippen LogP contribution in [0.15, 0.2) is 18.2 Å². The van der Waals surface area contributed by atoms with Crippen LogP contribution in [0.25, 0.3) is 0 Å². The van der Waals surface area contributed by atoms with E-state index in [9.17, 15) is 9.59 Å². The third kappa shape index (κ3) is 5.83. The zero-order chi connectivity index (χ0) is 20.6. The van der Waals surface area contributed by atoms with Gasteiger partial charge in [-0.2, -0.15) is 0 Å². The molecule has 2 aliphatic heterocycles. The molecule has 0 spiro atoms. The van der Waals surface area contributed by atoms with Gasteiger partial charge in [-0.1, -0.05) is 0 Å². The molecule has 0 radical (unpaired) electrons. The van der Waals surface area contributed by atoms with Crippen LogP contribution >= 0.6 is 0 Å². The predicted molar refractivity (Wildman–Crippen MR) is 108 cm³/mol. The van der Waals surface area contributed by atoms with Crippen LogP contribution in [-0.2, 0) is 9.53 Å². The summed E-state index contributed by atoms with van der Waals surface area (Å²) in [5, 5.41) is 3.25. The highest BCUT2D eigenvalue weighted by Gasteiger charge is 2.26. The summed E-state index contributed by atoms with van der Waals surface area (Å²) in [5.41, 5.74) is 0.480. The van der Waals surface area contributed by atoms with Crippen LogP contribution in [-0.4, -0.2) is 87.8 Å². The van der Waals surface area contributed by atoms with Crippen molar-refractivity contribution >= 4 is 11.8 Å². The van der Waals surface area contributed by atoms with Crippen molar-refractivity contribution in [2.45, 2.75) is 25.4 Å². The molecule has 8 nitrogen and oxygen atoms in total. The first kappa shape index (κ1) is 21.4. The van der Waals surface area contributed by atoms with Gasteiger partial charge >= 0.3 is 0 Å². The Balaban J connectivity index is 1.71. The Labute approximate surface area is 172 Å². The highest BCUT2D eigenvalue weighted by atomic mass is 16.5. The molecule has 2 saturated heterocycles. The maximum Gasteiger partial charge on any atom is 0.254 e. The van der Waals surface area contributed by atoms with Crippen LogP contribution in [0.5, 0.6) is 11.5 Å². The van der Waals surface area contributed by atoms with Gasteiger partial charge in [0.15, 0.2) is 0 Å². The number of nitrogens with zero attached hydrogens (tertiary/aromatic N) is 2. The van der Waals surface area contributed by atoms with Crippen LogP contribution in [0.2, 0.25) is 0 Å². The molecule has 3 rings (SSSR count). The van der Waals surface area contributed by atoms with Crippen molar-refractivity contribution < 1.29 is 23.8 Å². The van der Waals surface area contributed by atoms with E-state index in [-0.39, 0.29) is 17.9 Å². The second-order valence-corrected chi connectivity index (χ2v) is 7.37. The Morgan fingerprint density at radius 1 is 1.17 bits per heavy atom. The van der Waals surface area contributed by atoms with E-state index in [1.807, 2.05) is 4.90 Å². The molecule has 0 bridgehead atoms. The van der Waals surface area contributed by atoms with Crippen molar-refractivity contribution in [3.63, 3.8) is 0 Å². The van der Waals surface area contributed by atoms with E-state index in [1.54, 1.807) is 37.3 Å². The molecule has 1 unspecified atom stereocenters. The van der Waals surface area contributed by atoms with Gasteiger partial charge in [0.1, 0.15) is 11.5 Å². The van der Waals surface area contributed by atoms with Gasteiger partial charge in [-0.3, -0.25) is 9.59 Å². The molecule has 1 atom stereocenters. The van der Waals surface area contributed by atoms with Crippen LogP contribution < -0.4 is 14.8 Å². The number of methoxy groups -OCH3 is 2. The molecule has 160 valence electrons. The highest BCUT2D eigenvalue weighted by molar-refractivity contribution is 5.95. The lowest BCUT2D eigenvalue weighted by Crippen LogP contribution is -2.47. The van der Waals surface area contributed by atoms with E-state index in [4.69, 9.17) is 14.2 Å². The largest absolute Gasteiger partial charge is 0.497 e. The lowest BCUT2D eigenvalue weighted by molar-refractivity contribution is -0.132. The Bertz CT molecular complexity index is 677. The summed E-state index contributed by atoms with van der Waals surface area (Å²) in [7, 11) is 3.11. The molecule has 1 N–H and O–H groups in total. The molecule has 0 saturated carbocycles. The van der Waals surface area contributed by atoms with Crippen molar-refractivity contribution in [3.05, 3.63) is 23.8 Å². The molecule has 8 heteroatoms. The SMILES string of the molecule is COc1cc(OC)cc(C(=O)N(CCC(=O)N2CCNCC2)CC2CCCO2)c1. The number of hydrogen-bond acceptors (Lipinski definition) is 6. The second kappa shape index (κ2) is 10.5. The Kier molecular flexibility index (Phi) is 7.71. The van der Waals surface area contributed by atoms with Gasteiger partial charge in [0.25, 0.3) is 5.91 Å². The van der Waals surface area contributed by atoms with E-state index in [2.05, 4.69) is 5.32 Å². The monoisotopic (exact) mass is 405 g/mol. The van der Waals surface area contributed by atoms with Gasteiger partial charge in [0.05, 0.1) is 20.3 Å². The third-order valence-electron chi connectivity index (χ3n) is 5.40. The van der Waals surface area contributed by atoms with Crippen molar-refractivity contribution in [1.29, 1.82) is 0 Å². The van der Waals surface area contributed by atoms with E-state index in [0.717, 1.165) is 32.5 Å². The molecule has 2 aliphatic rings. The first-order valence-electron chi connectivity index (χ1n) is 10.2. The van der Waals surface area contributed by atoms with Crippen molar-refractivity contribution in [2.75, 3.05) is 60.1 Å². The van der Waals surface area contributed by atoms with Gasteiger partial charge in [-0.15, -0.1) is 0 Å². The number of piperazine rings is 1. The summed E-state index contributed by atoms with van der Waals surface area (Å²) in [6, 6.07) is 5.13. The molecule has 0 aromatic heterocycles.